The van der Waals surface area contributed by atoms with E-state index in [1.807, 2.05) is 0 Å². The Kier molecular flexibility index (Phi) is 6.90. The molecule has 0 N–H and O–H groups in total. The van der Waals surface area contributed by atoms with Gasteiger partial charge >= 0.3 is 0 Å². The van der Waals surface area contributed by atoms with Gasteiger partial charge in [0.2, 0.25) is 0 Å². The van der Waals surface area contributed by atoms with E-state index >= 15 is 0 Å². The summed E-state index contributed by atoms with van der Waals surface area (Å²) in [5.74, 6) is 6.71. The van der Waals surface area contributed by atoms with Crippen LogP contribution in [0.2, 0.25) is 0 Å². The first-order valence-corrected chi connectivity index (χ1v) is 23.2. The van der Waals surface area contributed by atoms with Crippen molar-refractivity contribution in [1.29, 1.82) is 0 Å². The normalized spacial score (nSPS) is 24.2. The molecule has 6 aliphatic rings. The summed E-state index contributed by atoms with van der Waals surface area (Å²) < 4.78 is 6.88. The fourth-order valence-corrected chi connectivity index (χ4v) is 14.4. The molecule has 8 aromatic carbocycles. The zero-order valence-corrected chi connectivity index (χ0v) is 35.3. The monoisotopic (exact) mass is 821 g/mol. The summed E-state index contributed by atoms with van der Waals surface area (Å²) >= 11 is 0. The lowest BCUT2D eigenvalue weighted by atomic mass is 9.38. The quantitative estimate of drug-likeness (QED) is 0.173. The van der Waals surface area contributed by atoms with E-state index in [4.69, 9.17) is 19.7 Å². The van der Waals surface area contributed by atoms with Crippen LogP contribution in [0.3, 0.4) is 0 Å². The van der Waals surface area contributed by atoms with Crippen LogP contribution in [-0.2, 0) is 10.8 Å². The molecule has 2 heterocycles. The Morgan fingerprint density at radius 2 is 1.00 bits per heavy atom. The van der Waals surface area contributed by atoms with Gasteiger partial charge in [-0.15, -0.1) is 0 Å². The summed E-state index contributed by atoms with van der Waals surface area (Å²) in [6, 6.07) is 66.0. The Morgan fingerprint density at radius 1 is 0.422 bits per heavy atom. The molecule has 2 spiro atoms. The van der Waals surface area contributed by atoms with E-state index in [0.717, 1.165) is 73.4 Å². The van der Waals surface area contributed by atoms with Crippen molar-refractivity contribution in [3.05, 3.63) is 210 Å². The molecule has 9 aromatic rings. The van der Waals surface area contributed by atoms with Crippen LogP contribution >= 0.6 is 0 Å². The fraction of sp³-hybridized carbons (Fsp3) is 0.183. The standard InChI is InChI=1S/C60H43N3O/c1-2-15-45-36(11-1)12-10-18-48(45)57-62-55(37-23-26-41(27-24-37)58-33-43-31-42-32-44(34-58)59(42,43)35-58)61-56(63-57)40-14-9-13-38(29-40)39-25-28-52-54(30-39)64-53-22-8-7-21-51(53)60(52)49-19-5-3-16-46(49)47-17-4-6-20-50(47)60/h1-30,42-44H,31-35H2/t42?,43-,44+,58?,59?. The second-order valence-electron chi connectivity index (χ2n) is 19.7. The first-order valence-electron chi connectivity index (χ1n) is 23.2. The van der Waals surface area contributed by atoms with Gasteiger partial charge in [-0.25, -0.2) is 15.0 Å². The van der Waals surface area contributed by atoms with Gasteiger partial charge in [-0.1, -0.05) is 164 Å². The van der Waals surface area contributed by atoms with Gasteiger partial charge in [0.25, 0.3) is 0 Å². The van der Waals surface area contributed by atoms with Gasteiger partial charge in [0.05, 0.1) is 5.41 Å². The number of para-hydroxylation sites is 1. The van der Waals surface area contributed by atoms with Crippen LogP contribution in [0.1, 0.15) is 59.9 Å². The molecule has 0 amide bonds. The summed E-state index contributed by atoms with van der Waals surface area (Å²) in [4.78, 5) is 15.8. The molecule has 1 aliphatic heterocycles. The molecular formula is C60H43N3O. The summed E-state index contributed by atoms with van der Waals surface area (Å²) in [6.45, 7) is 0. The molecule has 4 fully saturated rings. The van der Waals surface area contributed by atoms with Crippen LogP contribution in [0, 0.1) is 23.2 Å². The number of hydrogen-bond donors (Lipinski definition) is 0. The van der Waals surface area contributed by atoms with E-state index in [1.54, 1.807) is 0 Å². The SMILES string of the molecule is c1cc(-c2ccc3c(c2)Oc2ccccc2C32c3ccccc3-c3ccccc32)cc(-c2nc(-c3ccc(C45C[C@H]6CC7C[C@@H](C4)C76C5)cc3)nc(-c3cccc4ccccc34)n2)c1. The smallest absolute Gasteiger partial charge is 0.164 e. The van der Waals surface area contributed by atoms with Gasteiger partial charge in [0.15, 0.2) is 17.5 Å². The molecule has 0 radical (unpaired) electrons. The Bertz CT molecular complexity index is 3390. The highest BCUT2D eigenvalue weighted by Gasteiger charge is 2.77. The number of ether oxygens (including phenoxy) is 1. The number of benzene rings is 8. The Hall–Kier alpha value is -7.17. The molecule has 4 saturated carbocycles. The summed E-state index contributed by atoms with van der Waals surface area (Å²) in [5, 5.41) is 2.29. The molecule has 304 valence electrons. The number of hydrogen-bond acceptors (Lipinski definition) is 4. The summed E-state index contributed by atoms with van der Waals surface area (Å²) in [6.07, 6.45) is 7.11. The van der Waals surface area contributed by atoms with Gasteiger partial charge in [0.1, 0.15) is 11.5 Å². The summed E-state index contributed by atoms with van der Waals surface area (Å²) in [5.41, 5.74) is 14.6. The lowest BCUT2D eigenvalue weighted by Gasteiger charge is -2.66. The van der Waals surface area contributed by atoms with E-state index in [1.165, 1.54) is 65.5 Å². The molecule has 1 aromatic heterocycles. The van der Waals surface area contributed by atoms with Crippen molar-refractivity contribution in [2.24, 2.45) is 23.2 Å². The molecule has 5 atom stereocenters. The lowest BCUT2D eigenvalue weighted by molar-refractivity contribution is -0.175. The zero-order valence-electron chi connectivity index (χ0n) is 35.3. The van der Waals surface area contributed by atoms with E-state index < -0.39 is 5.41 Å². The van der Waals surface area contributed by atoms with Crippen molar-refractivity contribution < 1.29 is 4.74 Å². The predicted molar refractivity (Wildman–Crippen MR) is 254 cm³/mol. The van der Waals surface area contributed by atoms with E-state index in [2.05, 4.69) is 182 Å². The zero-order chi connectivity index (χ0) is 41.8. The van der Waals surface area contributed by atoms with Gasteiger partial charge in [0, 0.05) is 27.8 Å². The topological polar surface area (TPSA) is 47.9 Å². The minimum absolute atomic E-state index is 0.357. The number of nitrogens with zero attached hydrogens (tertiary/aromatic N) is 3. The van der Waals surface area contributed by atoms with Crippen molar-refractivity contribution in [1.82, 2.24) is 15.0 Å². The van der Waals surface area contributed by atoms with Gasteiger partial charge in [-0.05, 0) is 129 Å². The molecular weight excluding hydrogens is 779 g/mol. The van der Waals surface area contributed by atoms with Crippen LogP contribution in [0.5, 0.6) is 11.5 Å². The maximum atomic E-state index is 6.88. The van der Waals surface area contributed by atoms with Gasteiger partial charge in [-0.3, -0.25) is 0 Å². The average Bonchev–Trinajstić information content (AvgIpc) is 3.96. The van der Waals surface area contributed by atoms with E-state index in [0.29, 0.717) is 28.3 Å². The number of fused-ring (bicyclic) bond motifs is 11. The summed E-state index contributed by atoms with van der Waals surface area (Å²) in [7, 11) is 0. The predicted octanol–water partition coefficient (Wildman–Crippen LogP) is 14.2. The van der Waals surface area contributed by atoms with Crippen molar-refractivity contribution in [3.8, 4) is 67.9 Å². The molecule has 5 aliphatic carbocycles. The third-order valence-electron chi connectivity index (χ3n) is 17.1. The van der Waals surface area contributed by atoms with E-state index in [-0.39, 0.29) is 0 Å². The number of rotatable bonds is 5. The first-order chi connectivity index (χ1) is 31.6. The minimum Gasteiger partial charge on any atom is -0.457 e. The van der Waals surface area contributed by atoms with Crippen molar-refractivity contribution in [2.45, 2.75) is 42.9 Å². The molecule has 0 saturated heterocycles. The van der Waals surface area contributed by atoms with Crippen molar-refractivity contribution in [3.63, 3.8) is 0 Å². The second-order valence-corrected chi connectivity index (χ2v) is 19.7. The largest absolute Gasteiger partial charge is 0.457 e. The molecule has 2 bridgehead atoms. The van der Waals surface area contributed by atoms with Gasteiger partial charge < -0.3 is 4.74 Å². The van der Waals surface area contributed by atoms with E-state index in [9.17, 15) is 0 Å². The van der Waals surface area contributed by atoms with Crippen LogP contribution in [0.4, 0.5) is 0 Å². The maximum Gasteiger partial charge on any atom is 0.164 e. The molecule has 3 unspecified atom stereocenters. The highest BCUT2D eigenvalue weighted by atomic mass is 16.5. The number of aromatic nitrogens is 3. The van der Waals surface area contributed by atoms with Crippen molar-refractivity contribution in [2.75, 3.05) is 0 Å². The third kappa shape index (κ3) is 4.50. The average molecular weight is 822 g/mol. The van der Waals surface area contributed by atoms with Crippen LogP contribution in [0.25, 0.3) is 67.2 Å². The van der Waals surface area contributed by atoms with Crippen LogP contribution in [0.15, 0.2) is 182 Å². The first kappa shape index (κ1) is 35.3. The maximum absolute atomic E-state index is 6.88. The highest BCUT2D eigenvalue weighted by Crippen LogP contribution is 2.84. The van der Waals surface area contributed by atoms with Crippen LogP contribution in [-0.4, -0.2) is 15.0 Å². The molecule has 64 heavy (non-hydrogen) atoms. The Labute approximate surface area is 372 Å². The molecule has 15 rings (SSSR count). The highest BCUT2D eigenvalue weighted by molar-refractivity contribution is 5.95. The lowest BCUT2D eigenvalue weighted by Crippen LogP contribution is -2.59. The Morgan fingerprint density at radius 3 is 1.77 bits per heavy atom. The molecule has 4 nitrogen and oxygen atoms in total. The molecule has 4 heteroatoms. The van der Waals surface area contributed by atoms with Gasteiger partial charge in [-0.2, -0.15) is 0 Å². The minimum atomic E-state index is -0.495. The van der Waals surface area contributed by atoms with Crippen molar-refractivity contribution >= 4 is 10.8 Å². The Balaban J connectivity index is 0.848. The van der Waals surface area contributed by atoms with Crippen LogP contribution < -0.4 is 4.74 Å². The third-order valence-corrected chi connectivity index (χ3v) is 17.1. The fourth-order valence-electron chi connectivity index (χ4n) is 14.4. The second kappa shape index (κ2) is 12.5.